The third-order valence-electron chi connectivity index (χ3n) is 13.5. The van der Waals surface area contributed by atoms with Gasteiger partial charge in [0, 0.05) is 0 Å². The van der Waals surface area contributed by atoms with E-state index < -0.39 is 18.2 Å². The molecule has 0 bridgehead atoms. The van der Waals surface area contributed by atoms with Crippen LogP contribution in [0.3, 0.4) is 0 Å². The van der Waals surface area contributed by atoms with E-state index in [0.29, 0.717) is 6.42 Å². The van der Waals surface area contributed by atoms with E-state index in [9.17, 15) is 20.1 Å². The fourth-order valence-electron chi connectivity index (χ4n) is 8.99. The first-order valence-corrected chi connectivity index (χ1v) is 29.6. The van der Waals surface area contributed by atoms with Crippen LogP contribution in [0.5, 0.6) is 0 Å². The molecule has 3 unspecified atom stereocenters. The lowest BCUT2D eigenvalue weighted by molar-refractivity contribution is -0.124. The van der Waals surface area contributed by atoms with E-state index in [1.807, 2.05) is 6.08 Å². The van der Waals surface area contributed by atoms with Crippen molar-refractivity contribution in [1.29, 1.82) is 0 Å². The number of rotatable bonds is 54. The average Bonchev–Trinajstić information content (AvgIpc) is 3.32. The second-order valence-electron chi connectivity index (χ2n) is 20.2. The molecule has 3 atom stereocenters. The number of hydrogen-bond donors (Lipinski definition) is 4. The first kappa shape index (κ1) is 65.0. The quantitative estimate of drug-likeness (QED) is 0.0361. The fraction of sp³-hybridized carbons (Fsp3) is 0.823. The highest BCUT2D eigenvalue weighted by Gasteiger charge is 2.20. The Hall–Kier alpha value is -1.95. The molecule has 0 spiro atoms. The Labute approximate surface area is 418 Å². The average molecular weight is 939 g/mol. The second-order valence-corrected chi connectivity index (χ2v) is 20.2. The van der Waals surface area contributed by atoms with Gasteiger partial charge in [0.15, 0.2) is 0 Å². The minimum Gasteiger partial charge on any atom is -0.394 e. The zero-order valence-electron chi connectivity index (χ0n) is 44.8. The van der Waals surface area contributed by atoms with Gasteiger partial charge in [-0.1, -0.05) is 280 Å². The van der Waals surface area contributed by atoms with Crippen LogP contribution in [0.15, 0.2) is 60.8 Å². The first-order chi connectivity index (χ1) is 33.0. The Morgan fingerprint density at radius 3 is 1.04 bits per heavy atom. The molecule has 1 amide bonds. The molecule has 0 aliphatic carbocycles. The monoisotopic (exact) mass is 938 g/mol. The number of carbonyl (C=O) groups excluding carboxylic acids is 1. The van der Waals surface area contributed by atoms with Crippen molar-refractivity contribution < 1.29 is 20.1 Å². The van der Waals surface area contributed by atoms with E-state index in [1.165, 1.54) is 231 Å². The van der Waals surface area contributed by atoms with Crippen LogP contribution in [0, 0.1) is 0 Å². The zero-order chi connectivity index (χ0) is 48.6. The van der Waals surface area contributed by atoms with Crippen molar-refractivity contribution in [3.05, 3.63) is 60.8 Å². The lowest BCUT2D eigenvalue weighted by Crippen LogP contribution is -2.45. The standard InChI is InChI=1S/C62H115NO4/c1-3-5-7-9-11-13-15-17-19-21-22-23-24-25-26-27-28-29-30-31-32-33-34-35-36-37-38-40-41-43-45-47-49-51-53-55-59(65)57-62(67)63-60(58-64)61(66)56-54-52-50-48-46-44-42-39-20-18-16-14-12-10-8-6-4-2/h20,26-27,29-30,39,46,48,54,56,59-61,64-66H,3-19,21-25,28,31-38,40-45,47,49-53,55,57-58H2,1-2H3,(H,63,67)/b27-26-,30-29-,39-20+,48-46+,56-54+. The summed E-state index contributed by atoms with van der Waals surface area (Å²) in [5.41, 5.74) is 0. The number of carbonyl (C=O) groups is 1. The smallest absolute Gasteiger partial charge is 0.222 e. The summed E-state index contributed by atoms with van der Waals surface area (Å²) in [6.45, 7) is 4.21. The second kappa shape index (κ2) is 56.6. The lowest BCUT2D eigenvalue weighted by atomic mass is 10.0. The summed E-state index contributed by atoms with van der Waals surface area (Å²) >= 11 is 0. The number of allylic oxidation sites excluding steroid dienone is 9. The van der Waals surface area contributed by atoms with Gasteiger partial charge in [0.1, 0.15) is 0 Å². The van der Waals surface area contributed by atoms with Crippen LogP contribution in [-0.4, -0.2) is 46.1 Å². The topological polar surface area (TPSA) is 89.8 Å². The molecule has 0 aromatic rings. The highest BCUT2D eigenvalue weighted by Crippen LogP contribution is 2.17. The Morgan fingerprint density at radius 2 is 0.687 bits per heavy atom. The SMILES string of the molecule is CCCCCCCCC/C=C/CC/C=C/CC/C=C/C(O)C(CO)NC(=O)CC(O)CCCCCCCCCCCCCCCCC/C=C\C/C=C\CCCCCCCCCCCCCCC. The van der Waals surface area contributed by atoms with Gasteiger partial charge in [0.2, 0.25) is 5.91 Å². The van der Waals surface area contributed by atoms with Crippen molar-refractivity contribution in [3.8, 4) is 0 Å². The van der Waals surface area contributed by atoms with E-state index >= 15 is 0 Å². The molecule has 392 valence electrons. The number of hydrogen-bond acceptors (Lipinski definition) is 4. The Bertz CT molecular complexity index is 1130. The van der Waals surface area contributed by atoms with E-state index in [4.69, 9.17) is 0 Å². The largest absolute Gasteiger partial charge is 0.394 e. The van der Waals surface area contributed by atoms with Crippen molar-refractivity contribution in [2.24, 2.45) is 0 Å². The molecule has 0 saturated heterocycles. The number of nitrogens with one attached hydrogen (secondary N) is 1. The molecule has 0 aromatic carbocycles. The highest BCUT2D eigenvalue weighted by molar-refractivity contribution is 5.76. The van der Waals surface area contributed by atoms with Crippen molar-refractivity contribution in [3.63, 3.8) is 0 Å². The molecule has 0 aliphatic rings. The third kappa shape index (κ3) is 53.3. The van der Waals surface area contributed by atoms with Gasteiger partial charge >= 0.3 is 0 Å². The van der Waals surface area contributed by atoms with Crippen molar-refractivity contribution in [1.82, 2.24) is 5.32 Å². The van der Waals surface area contributed by atoms with Gasteiger partial charge in [-0.3, -0.25) is 4.79 Å². The maximum atomic E-state index is 12.5. The van der Waals surface area contributed by atoms with Gasteiger partial charge < -0.3 is 20.6 Å². The van der Waals surface area contributed by atoms with E-state index in [0.717, 1.165) is 44.9 Å². The molecule has 0 fully saturated rings. The van der Waals surface area contributed by atoms with Gasteiger partial charge in [0.25, 0.3) is 0 Å². The van der Waals surface area contributed by atoms with Crippen LogP contribution < -0.4 is 5.32 Å². The molecule has 4 N–H and O–H groups in total. The van der Waals surface area contributed by atoms with E-state index in [2.05, 4.69) is 67.8 Å². The van der Waals surface area contributed by atoms with Crippen LogP contribution in [-0.2, 0) is 4.79 Å². The third-order valence-corrected chi connectivity index (χ3v) is 13.5. The van der Waals surface area contributed by atoms with Gasteiger partial charge in [-0.15, -0.1) is 0 Å². The molecular weight excluding hydrogens is 823 g/mol. The molecule has 5 nitrogen and oxygen atoms in total. The molecule has 0 radical (unpaired) electrons. The van der Waals surface area contributed by atoms with Crippen LogP contribution >= 0.6 is 0 Å². The van der Waals surface area contributed by atoms with Crippen LogP contribution in [0.25, 0.3) is 0 Å². The van der Waals surface area contributed by atoms with Crippen LogP contribution in [0.4, 0.5) is 0 Å². The molecule has 0 rings (SSSR count). The summed E-state index contributed by atoms with van der Waals surface area (Å²) in [5, 5.41) is 33.4. The van der Waals surface area contributed by atoms with Crippen LogP contribution in [0.2, 0.25) is 0 Å². The Morgan fingerprint density at radius 1 is 0.388 bits per heavy atom. The molecule has 0 saturated carbocycles. The van der Waals surface area contributed by atoms with E-state index in [1.54, 1.807) is 6.08 Å². The van der Waals surface area contributed by atoms with Crippen molar-refractivity contribution >= 4 is 5.91 Å². The molecule has 0 aliphatic heterocycles. The predicted molar refractivity (Wildman–Crippen MR) is 296 cm³/mol. The summed E-state index contributed by atoms with van der Waals surface area (Å²) in [4.78, 5) is 12.5. The Balaban J connectivity index is 3.56. The van der Waals surface area contributed by atoms with E-state index in [-0.39, 0.29) is 18.9 Å². The number of aliphatic hydroxyl groups excluding tert-OH is 3. The van der Waals surface area contributed by atoms with Gasteiger partial charge in [-0.05, 0) is 77.0 Å². The normalized spacial score (nSPS) is 13.7. The number of aliphatic hydroxyl groups is 3. The van der Waals surface area contributed by atoms with Crippen molar-refractivity contribution in [2.75, 3.05) is 6.61 Å². The highest BCUT2D eigenvalue weighted by atomic mass is 16.3. The molecular formula is C62H115NO4. The molecule has 5 heteroatoms. The molecule has 0 heterocycles. The maximum absolute atomic E-state index is 12.5. The van der Waals surface area contributed by atoms with Crippen molar-refractivity contribution in [2.45, 2.75) is 321 Å². The van der Waals surface area contributed by atoms with Gasteiger partial charge in [-0.2, -0.15) is 0 Å². The Kier molecular flexibility index (Phi) is 55.0. The predicted octanol–water partition coefficient (Wildman–Crippen LogP) is 18.6. The van der Waals surface area contributed by atoms with Gasteiger partial charge in [-0.25, -0.2) is 0 Å². The van der Waals surface area contributed by atoms with Gasteiger partial charge in [0.05, 0.1) is 31.3 Å². The molecule has 67 heavy (non-hydrogen) atoms. The number of unbranched alkanes of at least 4 members (excludes halogenated alkanes) is 37. The summed E-state index contributed by atoms with van der Waals surface area (Å²) in [6, 6.07) is -0.770. The fourth-order valence-corrected chi connectivity index (χ4v) is 8.99. The summed E-state index contributed by atoms with van der Waals surface area (Å²) in [7, 11) is 0. The zero-order valence-corrected chi connectivity index (χ0v) is 44.8. The minimum absolute atomic E-state index is 0.00147. The summed E-state index contributed by atoms with van der Waals surface area (Å²) in [6.07, 6.45) is 77.2. The summed E-state index contributed by atoms with van der Waals surface area (Å²) < 4.78 is 0. The number of amides is 1. The van der Waals surface area contributed by atoms with Crippen LogP contribution in [0.1, 0.15) is 303 Å². The lowest BCUT2D eigenvalue weighted by Gasteiger charge is -2.21. The maximum Gasteiger partial charge on any atom is 0.222 e. The summed E-state index contributed by atoms with van der Waals surface area (Å²) in [5.74, 6) is -0.328. The molecule has 0 aromatic heterocycles. The first-order valence-electron chi connectivity index (χ1n) is 29.6. The minimum atomic E-state index is -0.962.